The Morgan fingerprint density at radius 2 is 1.15 bits per heavy atom. The molecule has 0 aromatic heterocycles. The third-order valence-electron chi connectivity index (χ3n) is 4.13. The zero-order chi connectivity index (χ0) is 18.3. The number of rotatable bonds is 14. The van der Waals surface area contributed by atoms with Gasteiger partial charge in [-0.25, -0.2) is 0 Å². The fourth-order valence-corrected chi connectivity index (χ4v) is 2.52. The van der Waals surface area contributed by atoms with Gasteiger partial charge in [-0.05, 0) is 70.2 Å². The van der Waals surface area contributed by atoms with Crippen LogP contribution in [-0.4, -0.2) is 37.0 Å². The molecular weight excluding hydrogens is 387 g/mol. The highest BCUT2D eigenvalue weighted by Crippen LogP contribution is 2.21. The maximum atomic E-state index is 11.8. The number of hydrogen-bond donors (Lipinski definition) is 4. The lowest BCUT2D eigenvalue weighted by atomic mass is 10.2. The van der Waals surface area contributed by atoms with Crippen molar-refractivity contribution in [2.24, 2.45) is 11.5 Å². The van der Waals surface area contributed by atoms with Crippen molar-refractivity contribution in [2.75, 3.05) is 13.1 Å². The molecule has 27 heavy (non-hydrogen) atoms. The summed E-state index contributed by atoms with van der Waals surface area (Å²) in [7, 11) is 0. The number of amides is 2. The first-order valence-corrected chi connectivity index (χ1v) is 9.51. The van der Waals surface area contributed by atoms with Crippen LogP contribution >= 0.6 is 24.8 Å². The van der Waals surface area contributed by atoms with E-state index in [0.717, 1.165) is 70.9 Å². The summed E-state index contributed by atoms with van der Waals surface area (Å²) >= 11 is 0. The maximum Gasteiger partial charge on any atom is 0.243 e. The van der Waals surface area contributed by atoms with E-state index < -0.39 is 0 Å². The fourth-order valence-electron chi connectivity index (χ4n) is 2.52. The van der Waals surface area contributed by atoms with Crippen LogP contribution in [0.15, 0.2) is 24.3 Å². The molecule has 0 saturated heterocycles. The molecule has 0 aromatic carbocycles. The van der Waals surface area contributed by atoms with E-state index in [4.69, 9.17) is 11.5 Å². The van der Waals surface area contributed by atoms with Crippen molar-refractivity contribution < 1.29 is 9.59 Å². The molecule has 158 valence electrons. The van der Waals surface area contributed by atoms with E-state index in [1.807, 2.05) is 12.2 Å². The van der Waals surface area contributed by atoms with E-state index in [2.05, 4.69) is 10.6 Å². The number of carbonyl (C=O) groups is 2. The fraction of sp³-hybridized carbons (Fsp3) is 0.684. The average molecular weight is 423 g/mol. The average Bonchev–Trinajstić information content (AvgIpc) is 3.31. The lowest BCUT2D eigenvalue weighted by Gasteiger charge is -2.02. The van der Waals surface area contributed by atoms with Gasteiger partial charge in [-0.1, -0.05) is 25.0 Å². The van der Waals surface area contributed by atoms with Crippen molar-refractivity contribution in [3.05, 3.63) is 24.3 Å². The van der Waals surface area contributed by atoms with Gasteiger partial charge in [-0.15, -0.1) is 24.8 Å². The molecule has 1 saturated carbocycles. The molecule has 0 radical (unpaired) electrons. The van der Waals surface area contributed by atoms with Crippen LogP contribution in [-0.2, 0) is 9.59 Å². The SMILES string of the molecule is Cl.Cl.NCCCCC/C=C/C(=O)N[C@@H]1C[C@H]1NC(=O)/C=C/CCCCCN. The molecule has 2 atom stereocenters. The summed E-state index contributed by atoms with van der Waals surface area (Å²) in [4.78, 5) is 23.5. The molecule has 0 aromatic rings. The van der Waals surface area contributed by atoms with Crippen LogP contribution in [0, 0.1) is 0 Å². The van der Waals surface area contributed by atoms with Crippen LogP contribution in [0.5, 0.6) is 0 Å². The predicted molar refractivity (Wildman–Crippen MR) is 116 cm³/mol. The summed E-state index contributed by atoms with van der Waals surface area (Å²) in [5.74, 6) is -0.174. The van der Waals surface area contributed by atoms with Crippen molar-refractivity contribution in [1.29, 1.82) is 0 Å². The van der Waals surface area contributed by atoms with Crippen molar-refractivity contribution in [2.45, 2.75) is 69.9 Å². The van der Waals surface area contributed by atoms with Gasteiger partial charge < -0.3 is 22.1 Å². The van der Waals surface area contributed by atoms with Gasteiger partial charge in [0, 0.05) is 0 Å². The van der Waals surface area contributed by atoms with Gasteiger partial charge in [0.2, 0.25) is 11.8 Å². The highest BCUT2D eigenvalue weighted by molar-refractivity contribution is 5.89. The molecule has 1 aliphatic carbocycles. The molecule has 0 aliphatic heterocycles. The monoisotopic (exact) mass is 422 g/mol. The standard InChI is InChI=1S/C19H34N4O2.2ClH/c20-13-9-5-1-3-7-11-18(24)22-16-15-17(16)23-19(25)12-8-4-2-6-10-14-21;;/h7-8,11-12,16-17H,1-6,9-10,13-15,20-21H2,(H,22,24)(H,23,25);2*1H/b11-7+,12-8+;;/t16-,17-;;/m1../s1. The minimum Gasteiger partial charge on any atom is -0.348 e. The molecule has 0 heterocycles. The van der Waals surface area contributed by atoms with Gasteiger partial charge in [0.1, 0.15) is 0 Å². The Morgan fingerprint density at radius 1 is 0.741 bits per heavy atom. The Labute approximate surface area is 175 Å². The van der Waals surface area contributed by atoms with Gasteiger partial charge in [-0.3, -0.25) is 9.59 Å². The molecule has 0 bridgehead atoms. The Bertz CT molecular complexity index is 419. The third-order valence-corrected chi connectivity index (χ3v) is 4.13. The number of halogens is 2. The highest BCUT2D eigenvalue weighted by atomic mass is 35.5. The van der Waals surface area contributed by atoms with Crippen LogP contribution < -0.4 is 22.1 Å². The molecule has 1 fully saturated rings. The Kier molecular flexibility index (Phi) is 19.1. The molecule has 0 spiro atoms. The number of nitrogens with two attached hydrogens (primary N) is 2. The summed E-state index contributed by atoms with van der Waals surface area (Å²) in [5.41, 5.74) is 10.9. The minimum absolute atomic E-state index is 0. The number of hydrogen-bond acceptors (Lipinski definition) is 4. The van der Waals surface area contributed by atoms with Gasteiger partial charge in [0.25, 0.3) is 0 Å². The maximum absolute atomic E-state index is 11.8. The van der Waals surface area contributed by atoms with E-state index in [-0.39, 0.29) is 48.7 Å². The van der Waals surface area contributed by atoms with Gasteiger partial charge in [-0.2, -0.15) is 0 Å². The van der Waals surface area contributed by atoms with Crippen LogP contribution in [0.2, 0.25) is 0 Å². The van der Waals surface area contributed by atoms with Crippen molar-refractivity contribution in [3.63, 3.8) is 0 Å². The van der Waals surface area contributed by atoms with Crippen LogP contribution in [0.25, 0.3) is 0 Å². The number of carbonyl (C=O) groups excluding carboxylic acids is 2. The normalized spacial score (nSPS) is 18.0. The first-order valence-electron chi connectivity index (χ1n) is 9.51. The second-order valence-corrected chi connectivity index (χ2v) is 6.55. The summed E-state index contributed by atoms with van der Waals surface area (Å²) in [6.07, 6.45) is 15.9. The molecule has 6 nitrogen and oxygen atoms in total. The van der Waals surface area contributed by atoms with Crippen molar-refractivity contribution in [1.82, 2.24) is 10.6 Å². The smallest absolute Gasteiger partial charge is 0.243 e. The minimum atomic E-state index is -0.0870. The first-order chi connectivity index (χ1) is 12.2. The van der Waals surface area contributed by atoms with Crippen molar-refractivity contribution in [3.8, 4) is 0 Å². The lowest BCUT2D eigenvalue weighted by Crippen LogP contribution is -2.33. The summed E-state index contributed by atoms with van der Waals surface area (Å²) in [5, 5.41) is 5.81. The number of allylic oxidation sites excluding steroid dienone is 2. The van der Waals surface area contributed by atoms with Crippen LogP contribution in [0.1, 0.15) is 57.8 Å². The second kappa shape index (κ2) is 18.3. The van der Waals surface area contributed by atoms with E-state index in [0.29, 0.717) is 0 Å². The van der Waals surface area contributed by atoms with E-state index >= 15 is 0 Å². The topological polar surface area (TPSA) is 110 Å². The largest absolute Gasteiger partial charge is 0.348 e. The van der Waals surface area contributed by atoms with E-state index in [1.54, 1.807) is 12.2 Å². The molecule has 2 amide bonds. The predicted octanol–water partition coefficient (Wildman–Crippen LogP) is 2.35. The summed E-state index contributed by atoms with van der Waals surface area (Å²) < 4.78 is 0. The van der Waals surface area contributed by atoms with Crippen LogP contribution in [0.4, 0.5) is 0 Å². The molecule has 1 rings (SSSR count). The van der Waals surface area contributed by atoms with E-state index in [9.17, 15) is 9.59 Å². The van der Waals surface area contributed by atoms with Gasteiger partial charge in [0.05, 0.1) is 12.1 Å². The number of nitrogens with one attached hydrogen (secondary N) is 2. The molecule has 0 unspecified atom stereocenters. The summed E-state index contributed by atoms with van der Waals surface area (Å²) in [6, 6.07) is 0.104. The zero-order valence-corrected chi connectivity index (χ0v) is 17.7. The molecular formula is C19H36Cl2N4O2. The zero-order valence-electron chi connectivity index (χ0n) is 16.0. The Morgan fingerprint density at radius 3 is 1.52 bits per heavy atom. The third kappa shape index (κ3) is 15.7. The molecule has 8 heteroatoms. The van der Waals surface area contributed by atoms with Crippen LogP contribution in [0.3, 0.4) is 0 Å². The Hall–Kier alpha value is -1.08. The summed E-state index contributed by atoms with van der Waals surface area (Å²) in [6.45, 7) is 1.45. The lowest BCUT2D eigenvalue weighted by molar-refractivity contribution is -0.118. The highest BCUT2D eigenvalue weighted by Gasteiger charge is 2.38. The van der Waals surface area contributed by atoms with Crippen molar-refractivity contribution >= 4 is 36.6 Å². The molecule has 6 N–H and O–H groups in total. The molecule has 1 aliphatic rings. The second-order valence-electron chi connectivity index (χ2n) is 6.55. The quantitative estimate of drug-likeness (QED) is 0.254. The van der Waals surface area contributed by atoms with Gasteiger partial charge >= 0.3 is 0 Å². The first kappa shape index (κ1) is 28.1. The van der Waals surface area contributed by atoms with E-state index in [1.165, 1.54) is 0 Å². The number of unbranched alkanes of at least 4 members (excludes halogenated alkanes) is 6. The Balaban J connectivity index is 0. The van der Waals surface area contributed by atoms with Gasteiger partial charge in [0.15, 0.2) is 0 Å².